The zero-order valence-electron chi connectivity index (χ0n) is 11.9. The van der Waals surface area contributed by atoms with Gasteiger partial charge in [0.15, 0.2) is 0 Å². The Kier molecular flexibility index (Phi) is 4.30. The quantitative estimate of drug-likeness (QED) is 0.764. The van der Waals surface area contributed by atoms with Crippen LogP contribution in [0.3, 0.4) is 0 Å². The summed E-state index contributed by atoms with van der Waals surface area (Å²) in [6, 6.07) is 8.25. The Hall–Kier alpha value is -1.02. The molecule has 3 rings (SSSR count). The van der Waals surface area contributed by atoms with Crippen LogP contribution in [-0.4, -0.2) is 23.4 Å². The molecule has 1 unspecified atom stereocenters. The second kappa shape index (κ2) is 6.17. The maximum atomic E-state index is 12.8. The molecule has 1 saturated carbocycles. The van der Waals surface area contributed by atoms with E-state index in [1.807, 2.05) is 24.3 Å². The van der Waals surface area contributed by atoms with Crippen molar-refractivity contribution in [3.05, 3.63) is 35.4 Å². The highest BCUT2D eigenvalue weighted by Crippen LogP contribution is 2.36. The largest absolute Gasteiger partial charge is 0.335 e. The minimum absolute atomic E-state index is 0.200. The number of amides is 1. The number of carbonyl (C=O) groups is 1. The first-order valence-electron chi connectivity index (χ1n) is 7.75. The number of carbonyl (C=O) groups excluding carboxylic acids is 1. The summed E-state index contributed by atoms with van der Waals surface area (Å²) in [7, 11) is 0. The van der Waals surface area contributed by atoms with Crippen molar-refractivity contribution in [2.24, 2.45) is 5.92 Å². The molecular formula is C17H22ClNO. The normalized spacial score (nSPS) is 23.4. The molecule has 1 aromatic carbocycles. The van der Waals surface area contributed by atoms with E-state index in [-0.39, 0.29) is 5.91 Å². The van der Waals surface area contributed by atoms with Crippen molar-refractivity contribution in [2.45, 2.75) is 50.4 Å². The molecule has 1 heterocycles. The molecule has 0 N–H and O–H groups in total. The molecule has 1 aliphatic carbocycles. The monoisotopic (exact) mass is 291 g/mol. The first-order chi connectivity index (χ1) is 9.79. The lowest BCUT2D eigenvalue weighted by molar-refractivity contribution is 0.0689. The molecule has 3 heteroatoms. The third-order valence-electron chi connectivity index (χ3n) is 4.83. The first kappa shape index (κ1) is 13.9. The summed E-state index contributed by atoms with van der Waals surface area (Å²) < 4.78 is 0. The molecule has 2 nitrogen and oxygen atoms in total. The van der Waals surface area contributed by atoms with Crippen molar-refractivity contribution in [3.63, 3.8) is 0 Å². The van der Waals surface area contributed by atoms with E-state index in [0.29, 0.717) is 11.9 Å². The molecule has 1 saturated heterocycles. The van der Waals surface area contributed by atoms with Gasteiger partial charge in [0.1, 0.15) is 0 Å². The van der Waals surface area contributed by atoms with Crippen LogP contribution in [0.25, 0.3) is 0 Å². The van der Waals surface area contributed by atoms with Crippen molar-refractivity contribution in [3.8, 4) is 0 Å². The number of benzene rings is 1. The molecule has 0 bridgehead atoms. The van der Waals surface area contributed by atoms with Gasteiger partial charge in [-0.15, -0.1) is 11.6 Å². The average Bonchev–Trinajstić information content (AvgIpc) is 3.16. The van der Waals surface area contributed by atoms with Crippen LogP contribution in [0, 0.1) is 5.92 Å². The zero-order chi connectivity index (χ0) is 13.9. The summed E-state index contributed by atoms with van der Waals surface area (Å²) in [5.41, 5.74) is 1.82. The van der Waals surface area contributed by atoms with Gasteiger partial charge in [-0.25, -0.2) is 0 Å². The number of likely N-dealkylation sites (tertiary alicyclic amines) is 1. The van der Waals surface area contributed by atoms with E-state index in [0.717, 1.165) is 30.0 Å². The molecule has 108 valence electrons. The van der Waals surface area contributed by atoms with Crippen molar-refractivity contribution < 1.29 is 4.79 Å². The minimum Gasteiger partial charge on any atom is -0.335 e. The van der Waals surface area contributed by atoms with Crippen LogP contribution in [0.2, 0.25) is 0 Å². The number of alkyl halides is 1. The van der Waals surface area contributed by atoms with Gasteiger partial charge >= 0.3 is 0 Å². The Morgan fingerprint density at radius 1 is 1.20 bits per heavy atom. The molecule has 0 radical (unpaired) electrons. The molecule has 0 aromatic heterocycles. The third-order valence-corrected chi connectivity index (χ3v) is 5.14. The fourth-order valence-corrected chi connectivity index (χ4v) is 4.00. The molecule has 2 fully saturated rings. The first-order valence-corrected chi connectivity index (χ1v) is 8.29. The van der Waals surface area contributed by atoms with Crippen LogP contribution in [0.1, 0.15) is 54.4 Å². The van der Waals surface area contributed by atoms with Gasteiger partial charge in [-0.05, 0) is 49.3 Å². The zero-order valence-corrected chi connectivity index (χ0v) is 12.6. The second-order valence-electron chi connectivity index (χ2n) is 6.09. The van der Waals surface area contributed by atoms with Crippen molar-refractivity contribution >= 4 is 17.5 Å². The van der Waals surface area contributed by atoms with Crippen LogP contribution in [0.15, 0.2) is 24.3 Å². The number of halogens is 1. The molecule has 1 aromatic rings. The lowest BCUT2D eigenvalue weighted by atomic mass is 9.95. The van der Waals surface area contributed by atoms with Crippen LogP contribution >= 0.6 is 11.6 Å². The van der Waals surface area contributed by atoms with Gasteiger partial charge in [0.25, 0.3) is 5.91 Å². The number of hydrogen-bond acceptors (Lipinski definition) is 1. The number of rotatable bonds is 3. The van der Waals surface area contributed by atoms with Gasteiger partial charge in [0, 0.05) is 24.0 Å². The van der Waals surface area contributed by atoms with Gasteiger partial charge in [0.2, 0.25) is 0 Å². The summed E-state index contributed by atoms with van der Waals surface area (Å²) in [5, 5.41) is 0. The summed E-state index contributed by atoms with van der Waals surface area (Å²) in [4.78, 5) is 14.9. The molecule has 1 amide bonds. The van der Waals surface area contributed by atoms with Gasteiger partial charge in [-0.2, -0.15) is 0 Å². The van der Waals surface area contributed by atoms with E-state index in [1.54, 1.807) is 0 Å². The molecule has 1 aliphatic heterocycles. The maximum absolute atomic E-state index is 12.8. The third kappa shape index (κ3) is 2.71. The average molecular weight is 292 g/mol. The standard InChI is InChI=1S/C17H22ClNO/c18-12-13-5-3-8-15(11-13)17(20)19-10-4-9-16(19)14-6-1-2-7-14/h3,5,8,11,14,16H,1-2,4,6-7,9-10,12H2. The fraction of sp³-hybridized carbons (Fsp3) is 0.588. The van der Waals surface area contributed by atoms with Crippen LogP contribution < -0.4 is 0 Å². The fourth-order valence-electron chi connectivity index (χ4n) is 3.83. The van der Waals surface area contributed by atoms with E-state index in [1.165, 1.54) is 32.1 Å². The number of hydrogen-bond donors (Lipinski definition) is 0. The Balaban J connectivity index is 1.77. The van der Waals surface area contributed by atoms with E-state index >= 15 is 0 Å². The topological polar surface area (TPSA) is 20.3 Å². The summed E-state index contributed by atoms with van der Waals surface area (Å²) in [5.74, 6) is 1.40. The Bertz CT molecular complexity index is 482. The summed E-state index contributed by atoms with van der Waals surface area (Å²) in [6.45, 7) is 0.922. The van der Waals surface area contributed by atoms with Crippen molar-refractivity contribution in [1.29, 1.82) is 0 Å². The van der Waals surface area contributed by atoms with Crippen LogP contribution in [0.4, 0.5) is 0 Å². The van der Waals surface area contributed by atoms with Crippen molar-refractivity contribution in [2.75, 3.05) is 6.54 Å². The van der Waals surface area contributed by atoms with E-state index < -0.39 is 0 Å². The summed E-state index contributed by atoms with van der Waals surface area (Å²) in [6.07, 6.45) is 7.62. The predicted octanol–water partition coefficient (Wildman–Crippen LogP) is 4.22. The van der Waals surface area contributed by atoms with Crippen molar-refractivity contribution in [1.82, 2.24) is 4.90 Å². The molecule has 1 atom stereocenters. The Morgan fingerprint density at radius 2 is 2.00 bits per heavy atom. The second-order valence-corrected chi connectivity index (χ2v) is 6.35. The highest BCUT2D eigenvalue weighted by Gasteiger charge is 2.36. The van der Waals surface area contributed by atoms with Gasteiger partial charge in [-0.3, -0.25) is 4.79 Å². The highest BCUT2D eigenvalue weighted by atomic mass is 35.5. The van der Waals surface area contributed by atoms with Gasteiger partial charge in [-0.1, -0.05) is 25.0 Å². The smallest absolute Gasteiger partial charge is 0.254 e. The van der Waals surface area contributed by atoms with Crippen LogP contribution in [-0.2, 0) is 5.88 Å². The maximum Gasteiger partial charge on any atom is 0.254 e. The molecular weight excluding hydrogens is 270 g/mol. The number of nitrogens with zero attached hydrogens (tertiary/aromatic N) is 1. The lowest BCUT2D eigenvalue weighted by Gasteiger charge is -2.29. The van der Waals surface area contributed by atoms with E-state index in [9.17, 15) is 4.79 Å². The Labute approximate surface area is 126 Å². The molecule has 0 spiro atoms. The van der Waals surface area contributed by atoms with Gasteiger partial charge in [0.05, 0.1) is 0 Å². The van der Waals surface area contributed by atoms with E-state index in [4.69, 9.17) is 11.6 Å². The SMILES string of the molecule is O=C(c1cccc(CCl)c1)N1CCCC1C1CCCC1. The van der Waals surface area contributed by atoms with Crippen LogP contribution in [0.5, 0.6) is 0 Å². The van der Waals surface area contributed by atoms with E-state index in [2.05, 4.69) is 4.90 Å². The molecule has 20 heavy (non-hydrogen) atoms. The highest BCUT2D eigenvalue weighted by molar-refractivity contribution is 6.17. The summed E-state index contributed by atoms with van der Waals surface area (Å²) >= 11 is 5.87. The predicted molar refractivity (Wildman–Crippen MR) is 82.0 cm³/mol. The van der Waals surface area contributed by atoms with Gasteiger partial charge < -0.3 is 4.90 Å². The minimum atomic E-state index is 0.200. The lowest BCUT2D eigenvalue weighted by Crippen LogP contribution is -2.39. The molecule has 2 aliphatic rings. The Morgan fingerprint density at radius 3 is 2.75 bits per heavy atom.